The minimum Gasteiger partial charge on any atom is -0.492 e. The van der Waals surface area contributed by atoms with Crippen molar-refractivity contribution in [2.75, 3.05) is 11.3 Å². The lowest BCUT2D eigenvalue weighted by molar-refractivity contribution is 0.199. The quantitative estimate of drug-likeness (QED) is 0.858. The van der Waals surface area contributed by atoms with Gasteiger partial charge in [0.15, 0.2) is 0 Å². The number of benzene rings is 2. The monoisotopic (exact) mass is 321 g/mol. The third-order valence-electron chi connectivity index (χ3n) is 3.10. The highest BCUT2D eigenvalue weighted by Gasteiger charge is 2.16. The van der Waals surface area contributed by atoms with Gasteiger partial charge in [0.1, 0.15) is 5.75 Å². The van der Waals surface area contributed by atoms with Crippen molar-refractivity contribution in [2.24, 2.45) is 0 Å². The number of anilines is 1. The molecule has 0 heterocycles. The van der Waals surface area contributed by atoms with Crippen molar-refractivity contribution >= 4 is 15.7 Å². The van der Waals surface area contributed by atoms with Crippen LogP contribution < -0.4 is 9.46 Å². The molecule has 1 unspecified atom stereocenters. The zero-order chi connectivity index (χ0) is 16.2. The van der Waals surface area contributed by atoms with Crippen LogP contribution in [0.15, 0.2) is 53.4 Å². The predicted molar refractivity (Wildman–Crippen MR) is 85.5 cm³/mol. The van der Waals surface area contributed by atoms with Crippen molar-refractivity contribution in [3.63, 3.8) is 0 Å². The highest BCUT2D eigenvalue weighted by atomic mass is 32.2. The lowest BCUT2D eigenvalue weighted by atomic mass is 10.1. The van der Waals surface area contributed by atoms with Crippen LogP contribution in [0.5, 0.6) is 5.75 Å². The number of aliphatic hydroxyl groups is 1. The van der Waals surface area contributed by atoms with Gasteiger partial charge in [-0.25, -0.2) is 8.42 Å². The zero-order valence-electron chi connectivity index (χ0n) is 12.5. The smallest absolute Gasteiger partial charge is 0.262 e. The van der Waals surface area contributed by atoms with Gasteiger partial charge in [-0.1, -0.05) is 24.3 Å². The first-order valence-electron chi connectivity index (χ1n) is 6.96. The summed E-state index contributed by atoms with van der Waals surface area (Å²) in [7, 11) is -3.71. The molecule has 2 N–H and O–H groups in total. The summed E-state index contributed by atoms with van der Waals surface area (Å²) in [6.07, 6.45) is -0.636. The van der Waals surface area contributed by atoms with E-state index in [0.29, 0.717) is 23.6 Å². The Labute approximate surface area is 130 Å². The molecule has 2 aromatic rings. The Morgan fingerprint density at radius 3 is 2.36 bits per heavy atom. The average Bonchev–Trinajstić information content (AvgIpc) is 2.49. The van der Waals surface area contributed by atoms with E-state index >= 15 is 0 Å². The fourth-order valence-corrected chi connectivity index (χ4v) is 3.03. The largest absolute Gasteiger partial charge is 0.492 e. The molecule has 0 bridgehead atoms. The maximum absolute atomic E-state index is 12.4. The third kappa shape index (κ3) is 3.78. The van der Waals surface area contributed by atoms with E-state index < -0.39 is 16.1 Å². The molecule has 0 aliphatic carbocycles. The van der Waals surface area contributed by atoms with Gasteiger partial charge in [0.2, 0.25) is 0 Å². The maximum Gasteiger partial charge on any atom is 0.262 e. The second-order valence-electron chi connectivity index (χ2n) is 4.78. The molecule has 1 atom stereocenters. The molecule has 0 saturated carbocycles. The highest BCUT2D eigenvalue weighted by molar-refractivity contribution is 7.92. The lowest BCUT2D eigenvalue weighted by Gasteiger charge is -2.13. The Morgan fingerprint density at radius 2 is 1.77 bits per heavy atom. The third-order valence-corrected chi connectivity index (χ3v) is 4.49. The van der Waals surface area contributed by atoms with E-state index in [1.807, 2.05) is 6.92 Å². The van der Waals surface area contributed by atoms with E-state index in [9.17, 15) is 13.5 Å². The number of hydrogen-bond donors (Lipinski definition) is 2. The van der Waals surface area contributed by atoms with Crippen LogP contribution in [0.25, 0.3) is 0 Å². The molecule has 0 spiro atoms. The van der Waals surface area contributed by atoms with Gasteiger partial charge in [0.05, 0.1) is 23.3 Å². The van der Waals surface area contributed by atoms with Crippen molar-refractivity contribution in [1.29, 1.82) is 0 Å². The predicted octanol–water partition coefficient (Wildman–Crippen LogP) is 2.94. The van der Waals surface area contributed by atoms with Crippen LogP contribution in [-0.2, 0) is 10.0 Å². The maximum atomic E-state index is 12.4. The topological polar surface area (TPSA) is 75.6 Å². The van der Waals surface area contributed by atoms with E-state index in [1.165, 1.54) is 12.1 Å². The minimum absolute atomic E-state index is 0.128. The van der Waals surface area contributed by atoms with Crippen LogP contribution in [0.1, 0.15) is 25.5 Å². The number of rotatable bonds is 6. The summed E-state index contributed by atoms with van der Waals surface area (Å²) >= 11 is 0. The second kappa shape index (κ2) is 6.81. The average molecular weight is 321 g/mol. The summed E-state index contributed by atoms with van der Waals surface area (Å²) in [5.41, 5.74) is 1.05. The van der Waals surface area contributed by atoms with Crippen LogP contribution in [0, 0.1) is 0 Å². The van der Waals surface area contributed by atoms with Gasteiger partial charge in [-0.05, 0) is 43.7 Å². The molecule has 2 rings (SSSR count). The first-order valence-corrected chi connectivity index (χ1v) is 8.45. The van der Waals surface area contributed by atoms with Crippen LogP contribution in [0.3, 0.4) is 0 Å². The van der Waals surface area contributed by atoms with Crippen molar-refractivity contribution in [3.8, 4) is 5.75 Å². The molecule has 0 fully saturated rings. The first kappa shape index (κ1) is 16.3. The second-order valence-corrected chi connectivity index (χ2v) is 6.46. The molecule has 6 heteroatoms. The minimum atomic E-state index is -3.71. The number of ether oxygens (including phenoxy) is 1. The molecule has 2 aromatic carbocycles. The molecule has 0 radical (unpaired) electrons. The Balaban J connectivity index is 2.28. The van der Waals surface area contributed by atoms with Crippen LogP contribution in [0.2, 0.25) is 0 Å². The normalized spacial score (nSPS) is 12.7. The Morgan fingerprint density at radius 1 is 1.14 bits per heavy atom. The summed E-state index contributed by atoms with van der Waals surface area (Å²) in [6.45, 7) is 3.90. The van der Waals surface area contributed by atoms with E-state index in [4.69, 9.17) is 4.74 Å². The van der Waals surface area contributed by atoms with E-state index in [1.54, 1.807) is 43.3 Å². The van der Waals surface area contributed by atoms with Gasteiger partial charge >= 0.3 is 0 Å². The summed E-state index contributed by atoms with van der Waals surface area (Å²) in [5, 5.41) is 9.47. The Kier molecular flexibility index (Phi) is 5.05. The Bertz CT molecular complexity index is 724. The van der Waals surface area contributed by atoms with Gasteiger partial charge < -0.3 is 9.84 Å². The van der Waals surface area contributed by atoms with Gasteiger partial charge in [-0.15, -0.1) is 0 Å². The van der Waals surface area contributed by atoms with Gasteiger partial charge in [0.25, 0.3) is 10.0 Å². The molecule has 118 valence electrons. The highest BCUT2D eigenvalue weighted by Crippen LogP contribution is 2.27. The molecular formula is C16H19NO4S. The number of sulfonamides is 1. The fraction of sp³-hybridized carbons (Fsp3) is 0.250. The summed E-state index contributed by atoms with van der Waals surface area (Å²) in [5.74, 6) is 0.481. The molecular weight excluding hydrogens is 302 g/mol. The van der Waals surface area contributed by atoms with Crippen molar-refractivity contribution in [2.45, 2.75) is 24.8 Å². The van der Waals surface area contributed by atoms with Gasteiger partial charge in [0, 0.05) is 0 Å². The van der Waals surface area contributed by atoms with Crippen LogP contribution in [-0.4, -0.2) is 20.1 Å². The SMILES string of the molecule is CCOc1ccccc1NS(=O)(=O)c1ccc(C(C)O)cc1. The van der Waals surface area contributed by atoms with Crippen molar-refractivity contribution in [1.82, 2.24) is 0 Å². The molecule has 0 saturated heterocycles. The summed E-state index contributed by atoms with van der Waals surface area (Å²) in [6, 6.07) is 13.0. The Hall–Kier alpha value is -2.05. The molecule has 5 nitrogen and oxygen atoms in total. The molecule has 0 aliphatic heterocycles. The van der Waals surface area contributed by atoms with E-state index in [2.05, 4.69) is 4.72 Å². The van der Waals surface area contributed by atoms with Crippen LogP contribution >= 0.6 is 0 Å². The lowest BCUT2D eigenvalue weighted by Crippen LogP contribution is -2.14. The fourth-order valence-electron chi connectivity index (χ4n) is 1.96. The van der Waals surface area contributed by atoms with Crippen molar-refractivity contribution in [3.05, 3.63) is 54.1 Å². The summed E-state index contributed by atoms with van der Waals surface area (Å²) < 4.78 is 32.8. The van der Waals surface area contributed by atoms with Gasteiger partial charge in [-0.3, -0.25) is 4.72 Å². The summed E-state index contributed by atoms with van der Waals surface area (Å²) in [4.78, 5) is 0.128. The number of aliphatic hydroxyl groups excluding tert-OH is 1. The number of para-hydroxylation sites is 2. The van der Waals surface area contributed by atoms with Gasteiger partial charge in [-0.2, -0.15) is 0 Å². The molecule has 0 amide bonds. The van der Waals surface area contributed by atoms with E-state index in [0.717, 1.165) is 0 Å². The number of hydrogen-bond acceptors (Lipinski definition) is 4. The number of nitrogens with one attached hydrogen (secondary N) is 1. The molecule has 0 aliphatic rings. The zero-order valence-corrected chi connectivity index (χ0v) is 13.3. The van der Waals surface area contributed by atoms with E-state index in [-0.39, 0.29) is 4.90 Å². The standard InChI is InChI=1S/C16H19NO4S/c1-3-21-16-7-5-4-6-15(16)17-22(19,20)14-10-8-13(9-11-14)12(2)18/h4-12,17-18H,3H2,1-2H3. The molecule has 0 aromatic heterocycles. The van der Waals surface area contributed by atoms with Crippen molar-refractivity contribution < 1.29 is 18.3 Å². The first-order chi connectivity index (χ1) is 10.4. The molecule has 22 heavy (non-hydrogen) atoms. The van der Waals surface area contributed by atoms with Crippen LogP contribution in [0.4, 0.5) is 5.69 Å².